The third-order valence-corrected chi connectivity index (χ3v) is 5.18. The normalized spacial score (nSPS) is 17.4. The van der Waals surface area contributed by atoms with Crippen LogP contribution in [-0.4, -0.2) is 16.6 Å². The Balaban J connectivity index is 1.87. The zero-order chi connectivity index (χ0) is 16.2. The zero-order valence-corrected chi connectivity index (χ0v) is 14.6. The predicted molar refractivity (Wildman–Crippen MR) is 96.0 cm³/mol. The van der Waals surface area contributed by atoms with Crippen LogP contribution >= 0.6 is 22.9 Å². The highest BCUT2D eigenvalue weighted by atomic mass is 35.5. The second kappa shape index (κ2) is 7.28. The van der Waals surface area contributed by atoms with E-state index >= 15 is 0 Å². The largest absolute Gasteiger partial charge is 0.273 e. The average Bonchev–Trinajstić information content (AvgIpc) is 3.22. The molecule has 1 atom stereocenters. The molecule has 3 nitrogen and oxygen atoms in total. The van der Waals surface area contributed by atoms with Crippen molar-refractivity contribution in [3.8, 4) is 0 Å². The Kier molecular flexibility index (Phi) is 5.13. The van der Waals surface area contributed by atoms with E-state index in [1.807, 2.05) is 35.7 Å². The van der Waals surface area contributed by atoms with Gasteiger partial charge in [-0.3, -0.25) is 4.79 Å². The van der Waals surface area contributed by atoms with E-state index in [4.69, 9.17) is 11.6 Å². The standard InChI is InChI=1S/C18H19ClN2OS/c1-2-3-6-18(22)21-16(17-5-4-11-23-17)12-15(20-21)13-7-9-14(19)10-8-13/h4-5,7-11,16H,2-3,6,12H2,1H3. The molecule has 1 aliphatic heterocycles. The molecule has 0 aliphatic carbocycles. The molecule has 0 bridgehead atoms. The quantitative estimate of drug-likeness (QED) is 0.725. The van der Waals surface area contributed by atoms with Crippen molar-refractivity contribution in [1.82, 2.24) is 5.01 Å². The van der Waals surface area contributed by atoms with Crippen LogP contribution in [0.5, 0.6) is 0 Å². The fourth-order valence-electron chi connectivity index (χ4n) is 2.70. The summed E-state index contributed by atoms with van der Waals surface area (Å²) >= 11 is 7.64. The molecule has 120 valence electrons. The summed E-state index contributed by atoms with van der Waals surface area (Å²) in [7, 11) is 0. The van der Waals surface area contributed by atoms with Gasteiger partial charge in [0.15, 0.2) is 0 Å². The molecule has 0 radical (unpaired) electrons. The maximum atomic E-state index is 12.5. The Morgan fingerprint density at radius 1 is 1.35 bits per heavy atom. The summed E-state index contributed by atoms with van der Waals surface area (Å²) in [5.74, 6) is 0.106. The lowest BCUT2D eigenvalue weighted by atomic mass is 10.0. The summed E-state index contributed by atoms with van der Waals surface area (Å²) in [6.07, 6.45) is 3.21. The smallest absolute Gasteiger partial charge is 0.243 e. The molecule has 2 heterocycles. The van der Waals surface area contributed by atoms with Gasteiger partial charge in [-0.1, -0.05) is 43.1 Å². The van der Waals surface area contributed by atoms with Gasteiger partial charge >= 0.3 is 0 Å². The summed E-state index contributed by atoms with van der Waals surface area (Å²) in [6, 6.07) is 11.8. The van der Waals surface area contributed by atoms with Crippen LogP contribution in [0.1, 0.15) is 49.1 Å². The van der Waals surface area contributed by atoms with Crippen molar-refractivity contribution in [1.29, 1.82) is 0 Å². The third kappa shape index (κ3) is 3.65. The van der Waals surface area contributed by atoms with Gasteiger partial charge in [-0.15, -0.1) is 11.3 Å². The number of halogens is 1. The number of benzene rings is 1. The molecule has 2 aromatic rings. The minimum Gasteiger partial charge on any atom is -0.273 e. The first-order valence-electron chi connectivity index (χ1n) is 7.88. The van der Waals surface area contributed by atoms with E-state index < -0.39 is 0 Å². The number of carbonyl (C=O) groups is 1. The van der Waals surface area contributed by atoms with Crippen molar-refractivity contribution in [2.45, 2.75) is 38.6 Å². The maximum Gasteiger partial charge on any atom is 0.243 e. The van der Waals surface area contributed by atoms with E-state index in [0.29, 0.717) is 11.4 Å². The first-order valence-corrected chi connectivity index (χ1v) is 9.13. The van der Waals surface area contributed by atoms with Gasteiger partial charge in [-0.2, -0.15) is 5.10 Å². The van der Waals surface area contributed by atoms with Crippen molar-refractivity contribution < 1.29 is 4.79 Å². The van der Waals surface area contributed by atoms with Crippen LogP contribution in [-0.2, 0) is 4.79 Å². The van der Waals surface area contributed by atoms with Gasteiger partial charge in [0.2, 0.25) is 5.91 Å². The third-order valence-electron chi connectivity index (χ3n) is 3.96. The van der Waals surface area contributed by atoms with Crippen molar-refractivity contribution in [2.75, 3.05) is 0 Å². The van der Waals surface area contributed by atoms with E-state index in [-0.39, 0.29) is 11.9 Å². The van der Waals surface area contributed by atoms with E-state index in [2.05, 4.69) is 18.1 Å². The molecule has 1 aromatic heterocycles. The molecule has 0 saturated carbocycles. The van der Waals surface area contributed by atoms with E-state index in [9.17, 15) is 4.79 Å². The summed E-state index contributed by atoms with van der Waals surface area (Å²) < 4.78 is 0. The molecule has 0 saturated heterocycles. The number of nitrogens with zero attached hydrogens (tertiary/aromatic N) is 2. The predicted octanol–water partition coefficient (Wildman–Crippen LogP) is 5.27. The molecule has 1 aromatic carbocycles. The van der Waals surface area contributed by atoms with Gasteiger partial charge in [0, 0.05) is 22.7 Å². The van der Waals surface area contributed by atoms with Crippen LogP contribution in [0, 0.1) is 0 Å². The van der Waals surface area contributed by atoms with Gasteiger partial charge in [0.05, 0.1) is 11.8 Å². The fourth-order valence-corrected chi connectivity index (χ4v) is 3.64. The van der Waals surface area contributed by atoms with Crippen LogP contribution in [0.25, 0.3) is 0 Å². The van der Waals surface area contributed by atoms with Crippen molar-refractivity contribution >= 4 is 34.6 Å². The summed E-state index contributed by atoms with van der Waals surface area (Å²) in [5, 5.41) is 9.08. The number of carbonyl (C=O) groups excluding carboxylic acids is 1. The minimum absolute atomic E-state index is 0.0186. The number of thiophene rings is 1. The second-order valence-corrected chi connectivity index (χ2v) is 7.05. The van der Waals surface area contributed by atoms with Crippen LogP contribution < -0.4 is 0 Å². The Morgan fingerprint density at radius 2 is 2.13 bits per heavy atom. The lowest BCUT2D eigenvalue weighted by Gasteiger charge is -2.20. The summed E-state index contributed by atoms with van der Waals surface area (Å²) in [6.45, 7) is 2.09. The Bertz CT molecular complexity index is 694. The number of hydrogen-bond acceptors (Lipinski definition) is 3. The van der Waals surface area contributed by atoms with Gasteiger partial charge < -0.3 is 0 Å². The highest BCUT2D eigenvalue weighted by Crippen LogP contribution is 2.35. The topological polar surface area (TPSA) is 32.7 Å². The summed E-state index contributed by atoms with van der Waals surface area (Å²) in [5.41, 5.74) is 1.98. The van der Waals surface area contributed by atoms with Gasteiger partial charge in [-0.05, 0) is 35.6 Å². The molecule has 0 N–H and O–H groups in total. The van der Waals surface area contributed by atoms with Crippen LogP contribution in [0.4, 0.5) is 0 Å². The second-order valence-electron chi connectivity index (χ2n) is 5.63. The van der Waals surface area contributed by atoms with Gasteiger partial charge in [0.1, 0.15) is 0 Å². The van der Waals surface area contributed by atoms with E-state index in [0.717, 1.165) is 30.5 Å². The molecule has 1 amide bonds. The van der Waals surface area contributed by atoms with Crippen molar-refractivity contribution in [3.05, 3.63) is 57.2 Å². The molecule has 1 aliphatic rings. The number of rotatable bonds is 5. The number of amides is 1. The van der Waals surface area contributed by atoms with Gasteiger partial charge in [0.25, 0.3) is 0 Å². The Hall–Kier alpha value is -1.65. The van der Waals surface area contributed by atoms with Crippen molar-refractivity contribution in [2.24, 2.45) is 5.10 Å². The number of hydrazone groups is 1. The van der Waals surface area contributed by atoms with Crippen LogP contribution in [0.2, 0.25) is 5.02 Å². The SMILES string of the molecule is CCCCC(=O)N1N=C(c2ccc(Cl)cc2)CC1c1cccs1. The first-order chi connectivity index (χ1) is 11.2. The highest BCUT2D eigenvalue weighted by Gasteiger charge is 2.33. The van der Waals surface area contributed by atoms with Crippen molar-refractivity contribution in [3.63, 3.8) is 0 Å². The van der Waals surface area contributed by atoms with E-state index in [1.165, 1.54) is 4.88 Å². The first kappa shape index (κ1) is 16.2. The maximum absolute atomic E-state index is 12.5. The number of hydrogen-bond donors (Lipinski definition) is 0. The molecule has 0 fully saturated rings. The Morgan fingerprint density at radius 3 is 2.78 bits per heavy atom. The van der Waals surface area contributed by atoms with Crippen LogP contribution in [0.15, 0.2) is 46.9 Å². The molecular weight excluding hydrogens is 328 g/mol. The van der Waals surface area contributed by atoms with E-state index in [1.54, 1.807) is 16.3 Å². The molecule has 5 heteroatoms. The highest BCUT2D eigenvalue weighted by molar-refractivity contribution is 7.10. The Labute approximate surface area is 145 Å². The monoisotopic (exact) mass is 346 g/mol. The molecule has 1 unspecified atom stereocenters. The molecule has 23 heavy (non-hydrogen) atoms. The molecule has 0 spiro atoms. The van der Waals surface area contributed by atoms with Crippen LogP contribution in [0.3, 0.4) is 0 Å². The van der Waals surface area contributed by atoms with Gasteiger partial charge in [-0.25, -0.2) is 5.01 Å². The summed E-state index contributed by atoms with van der Waals surface area (Å²) in [4.78, 5) is 13.7. The minimum atomic E-state index is 0.0186. The number of unbranched alkanes of at least 4 members (excludes halogenated alkanes) is 1. The molecular formula is C18H19ClN2OS. The lowest BCUT2D eigenvalue weighted by molar-refractivity contribution is -0.133. The molecule has 3 rings (SSSR count). The average molecular weight is 347 g/mol. The fraction of sp³-hybridized carbons (Fsp3) is 0.333. The zero-order valence-electron chi connectivity index (χ0n) is 13.0. The lowest BCUT2D eigenvalue weighted by Crippen LogP contribution is -2.26.